The third-order valence-electron chi connectivity index (χ3n) is 5.83. The summed E-state index contributed by atoms with van der Waals surface area (Å²) in [6.07, 6.45) is 0. The van der Waals surface area contributed by atoms with Gasteiger partial charge in [0.1, 0.15) is 5.82 Å². The molecule has 2 aromatic heterocycles. The summed E-state index contributed by atoms with van der Waals surface area (Å²) in [5, 5.41) is 13.9. The zero-order valence-corrected chi connectivity index (χ0v) is 18.0. The lowest BCUT2D eigenvalue weighted by Crippen LogP contribution is -2.28. The zero-order chi connectivity index (χ0) is 22.9. The highest BCUT2D eigenvalue weighted by molar-refractivity contribution is 6.08. The molecule has 0 aliphatic heterocycles. The number of carbonyl (C=O) groups is 1. The van der Waals surface area contributed by atoms with Crippen LogP contribution in [0.1, 0.15) is 21.7 Å². The maximum absolute atomic E-state index is 13.1. The van der Waals surface area contributed by atoms with Crippen LogP contribution in [0.5, 0.6) is 5.75 Å². The third-order valence-corrected chi connectivity index (χ3v) is 5.83. The van der Waals surface area contributed by atoms with E-state index < -0.39 is 17.2 Å². The van der Waals surface area contributed by atoms with E-state index in [-0.39, 0.29) is 12.1 Å². The Kier molecular flexibility index (Phi) is 5.14. The van der Waals surface area contributed by atoms with Gasteiger partial charge >= 0.3 is 0 Å². The predicted octanol–water partition coefficient (Wildman–Crippen LogP) is 3.57. The molecule has 0 atom stereocenters. The van der Waals surface area contributed by atoms with E-state index in [2.05, 4.69) is 9.88 Å². The van der Waals surface area contributed by atoms with Crippen LogP contribution in [0.4, 0.5) is 0 Å². The topological polar surface area (TPSA) is 89.2 Å². The lowest BCUT2D eigenvalue weighted by atomic mass is 10.1. The molecule has 0 fully saturated rings. The molecular weight excluding hydrogens is 416 g/mol. The predicted molar refractivity (Wildman–Crippen MR) is 127 cm³/mol. The molecule has 5 rings (SSSR count). The number of pyridine rings is 1. The average molecular weight is 438 g/mol. The van der Waals surface area contributed by atoms with Crippen molar-refractivity contribution in [1.29, 1.82) is 0 Å². The van der Waals surface area contributed by atoms with Crippen LogP contribution >= 0.6 is 0 Å². The standard InChI is InChI=1S/C26H22N4O3/c1-29-20-13-7-5-11-18(20)23(24(31)26(29)33)25(32)27-15-22-28-19-12-6-8-14-21(19)30(22)16-17-9-3-2-4-10-17/h2-14,31H,15-16H2,1H3,(H,27,32). The van der Waals surface area contributed by atoms with Gasteiger partial charge in [0.25, 0.3) is 11.5 Å². The normalized spacial score (nSPS) is 11.2. The van der Waals surface area contributed by atoms with Crippen LogP contribution in [0, 0.1) is 0 Å². The van der Waals surface area contributed by atoms with E-state index in [1.54, 1.807) is 31.3 Å². The first-order valence-corrected chi connectivity index (χ1v) is 10.6. The maximum Gasteiger partial charge on any atom is 0.293 e. The minimum Gasteiger partial charge on any atom is -0.502 e. The fraction of sp³-hybridized carbons (Fsp3) is 0.115. The molecule has 33 heavy (non-hydrogen) atoms. The number of amides is 1. The van der Waals surface area contributed by atoms with Crippen molar-refractivity contribution in [3.63, 3.8) is 0 Å². The van der Waals surface area contributed by atoms with Crippen LogP contribution in [0.25, 0.3) is 21.9 Å². The molecule has 0 unspecified atom stereocenters. The Balaban J connectivity index is 1.51. The molecule has 2 N–H and O–H groups in total. The lowest BCUT2D eigenvalue weighted by Gasteiger charge is -2.13. The van der Waals surface area contributed by atoms with Crippen molar-refractivity contribution in [3.05, 3.63) is 106 Å². The van der Waals surface area contributed by atoms with E-state index in [1.165, 1.54) is 4.57 Å². The van der Waals surface area contributed by atoms with Crippen molar-refractivity contribution in [3.8, 4) is 5.75 Å². The lowest BCUT2D eigenvalue weighted by molar-refractivity contribution is 0.0948. The van der Waals surface area contributed by atoms with Gasteiger partial charge in [-0.25, -0.2) is 4.98 Å². The molecule has 0 saturated carbocycles. The van der Waals surface area contributed by atoms with E-state index in [1.807, 2.05) is 54.6 Å². The molecule has 2 heterocycles. The Bertz CT molecular complexity index is 1550. The van der Waals surface area contributed by atoms with Gasteiger partial charge in [0.05, 0.1) is 28.7 Å². The van der Waals surface area contributed by atoms with Gasteiger partial charge in [-0.15, -0.1) is 0 Å². The van der Waals surface area contributed by atoms with E-state index in [0.29, 0.717) is 23.3 Å². The van der Waals surface area contributed by atoms with Gasteiger partial charge in [-0.05, 0) is 23.8 Å². The Hall–Kier alpha value is -4.39. The van der Waals surface area contributed by atoms with E-state index in [9.17, 15) is 14.7 Å². The van der Waals surface area contributed by atoms with Crippen LogP contribution in [0.15, 0.2) is 83.7 Å². The summed E-state index contributed by atoms with van der Waals surface area (Å²) < 4.78 is 3.40. The Morgan fingerprint density at radius 2 is 1.61 bits per heavy atom. The molecular formula is C26H22N4O3. The van der Waals surface area contributed by atoms with Crippen molar-refractivity contribution in [1.82, 2.24) is 19.4 Å². The molecule has 7 heteroatoms. The minimum atomic E-state index is -0.616. The minimum absolute atomic E-state index is 0.0283. The van der Waals surface area contributed by atoms with Gasteiger partial charge < -0.3 is 19.6 Å². The van der Waals surface area contributed by atoms with Crippen molar-refractivity contribution in [2.75, 3.05) is 0 Å². The number of imidazole rings is 1. The van der Waals surface area contributed by atoms with Gasteiger partial charge in [0.2, 0.25) is 0 Å². The van der Waals surface area contributed by atoms with Gasteiger partial charge in [0.15, 0.2) is 5.75 Å². The van der Waals surface area contributed by atoms with Crippen LogP contribution < -0.4 is 10.9 Å². The summed E-state index contributed by atoms with van der Waals surface area (Å²) in [6, 6.07) is 24.8. The molecule has 0 saturated heterocycles. The third kappa shape index (κ3) is 3.63. The molecule has 5 aromatic rings. The quantitative estimate of drug-likeness (QED) is 0.439. The summed E-state index contributed by atoms with van der Waals surface area (Å²) >= 11 is 0. The number of nitrogens with zero attached hydrogens (tertiary/aromatic N) is 3. The van der Waals surface area contributed by atoms with E-state index >= 15 is 0 Å². The van der Waals surface area contributed by atoms with Crippen molar-refractivity contribution in [2.45, 2.75) is 13.1 Å². The summed E-state index contributed by atoms with van der Waals surface area (Å²) in [4.78, 5) is 30.3. The molecule has 7 nitrogen and oxygen atoms in total. The second-order valence-electron chi connectivity index (χ2n) is 7.88. The van der Waals surface area contributed by atoms with Gasteiger partial charge in [-0.3, -0.25) is 9.59 Å². The van der Waals surface area contributed by atoms with E-state index in [4.69, 9.17) is 4.98 Å². The average Bonchev–Trinajstić information content (AvgIpc) is 3.19. The first-order valence-electron chi connectivity index (χ1n) is 10.6. The molecule has 3 aromatic carbocycles. The zero-order valence-electron chi connectivity index (χ0n) is 18.0. The van der Waals surface area contributed by atoms with Crippen LogP contribution in [-0.4, -0.2) is 25.1 Å². The highest BCUT2D eigenvalue weighted by atomic mass is 16.3. The number of benzene rings is 3. The highest BCUT2D eigenvalue weighted by Gasteiger charge is 2.21. The Morgan fingerprint density at radius 3 is 2.39 bits per heavy atom. The SMILES string of the molecule is Cn1c(=O)c(O)c(C(=O)NCc2nc3ccccc3n2Cc2ccccc2)c2ccccc21. The number of fused-ring (bicyclic) bond motifs is 2. The molecule has 0 radical (unpaired) electrons. The molecule has 0 spiro atoms. The molecule has 0 aliphatic carbocycles. The molecule has 0 aliphatic rings. The van der Waals surface area contributed by atoms with Crippen molar-refractivity contribution < 1.29 is 9.90 Å². The molecule has 1 amide bonds. The summed E-state index contributed by atoms with van der Waals surface area (Å²) in [7, 11) is 1.57. The van der Waals surface area contributed by atoms with Gasteiger partial charge in [-0.2, -0.15) is 0 Å². The molecule has 164 valence electrons. The van der Waals surface area contributed by atoms with Gasteiger partial charge in [0, 0.05) is 19.0 Å². The Morgan fingerprint density at radius 1 is 0.939 bits per heavy atom. The number of hydrogen-bond donors (Lipinski definition) is 2. The fourth-order valence-corrected chi connectivity index (χ4v) is 4.16. The van der Waals surface area contributed by atoms with Crippen LogP contribution in [0.3, 0.4) is 0 Å². The number of aromatic nitrogens is 3. The smallest absolute Gasteiger partial charge is 0.293 e. The Labute approximate surface area is 189 Å². The van der Waals surface area contributed by atoms with Crippen LogP contribution in [-0.2, 0) is 20.1 Å². The van der Waals surface area contributed by atoms with Crippen molar-refractivity contribution in [2.24, 2.45) is 7.05 Å². The second-order valence-corrected chi connectivity index (χ2v) is 7.88. The number of nitrogens with one attached hydrogen (secondary N) is 1. The number of aryl methyl sites for hydroxylation is 1. The molecule has 0 bridgehead atoms. The first-order chi connectivity index (χ1) is 16.0. The van der Waals surface area contributed by atoms with Crippen molar-refractivity contribution >= 4 is 27.8 Å². The first kappa shape index (κ1) is 20.5. The summed E-state index contributed by atoms with van der Waals surface area (Å²) in [5.41, 5.74) is 2.84. The van der Waals surface area contributed by atoms with E-state index in [0.717, 1.165) is 16.6 Å². The maximum atomic E-state index is 13.1. The largest absolute Gasteiger partial charge is 0.502 e. The number of para-hydroxylation sites is 3. The highest BCUT2D eigenvalue weighted by Crippen LogP contribution is 2.24. The fourth-order valence-electron chi connectivity index (χ4n) is 4.16. The summed E-state index contributed by atoms with van der Waals surface area (Å²) in [6.45, 7) is 0.746. The van der Waals surface area contributed by atoms with Crippen LogP contribution in [0.2, 0.25) is 0 Å². The number of carbonyl (C=O) groups excluding carboxylic acids is 1. The second kappa shape index (κ2) is 8.27. The van der Waals surface area contributed by atoms with Gasteiger partial charge in [-0.1, -0.05) is 60.7 Å². The monoisotopic (exact) mass is 438 g/mol. The number of aromatic hydroxyl groups is 1. The summed E-state index contributed by atoms with van der Waals surface area (Å²) in [5.74, 6) is -0.410. The number of rotatable bonds is 5. The number of hydrogen-bond acceptors (Lipinski definition) is 4.